The van der Waals surface area contributed by atoms with Gasteiger partial charge in [0.1, 0.15) is 0 Å². The van der Waals surface area contributed by atoms with Gasteiger partial charge in [-0.05, 0) is 44.9 Å². The van der Waals surface area contributed by atoms with Gasteiger partial charge in [-0.15, -0.1) is 0 Å². The topological polar surface area (TPSA) is 66.5 Å². The molecule has 5 aliphatic heterocycles. The third kappa shape index (κ3) is 2.15. The van der Waals surface area contributed by atoms with Gasteiger partial charge in [-0.3, -0.25) is 4.79 Å². The van der Waals surface area contributed by atoms with Crippen LogP contribution in [0.1, 0.15) is 46.5 Å². The molecule has 6 fully saturated rings. The standard InChI is InChI=1S/C19H29NO6/c1-12-4-5-14-18(3,15(21)20-8-10-22-11-9-20)24-16-19(14)13(12)6-7-17(2,23-16)25-26-19/h12-14,16H,4-11H2,1-3H3/t12-,13+,14?,16+,17-,18+,19-/m1/s1. The molecule has 5 saturated heterocycles. The van der Waals surface area contributed by atoms with E-state index in [1.54, 1.807) is 0 Å². The molecule has 146 valence electrons. The Hall–Kier alpha value is -0.730. The summed E-state index contributed by atoms with van der Waals surface area (Å²) >= 11 is 0. The van der Waals surface area contributed by atoms with Gasteiger partial charge in [0.25, 0.3) is 5.91 Å². The van der Waals surface area contributed by atoms with Crippen molar-refractivity contribution in [3.05, 3.63) is 0 Å². The Morgan fingerprint density at radius 1 is 1.04 bits per heavy atom. The highest BCUT2D eigenvalue weighted by molar-refractivity contribution is 5.86. The summed E-state index contributed by atoms with van der Waals surface area (Å²) in [5.41, 5.74) is -1.64. The van der Waals surface area contributed by atoms with Crippen LogP contribution in [0.25, 0.3) is 0 Å². The van der Waals surface area contributed by atoms with E-state index in [4.69, 9.17) is 24.0 Å². The highest BCUT2D eigenvalue weighted by atomic mass is 17.3. The Kier molecular flexibility index (Phi) is 3.77. The average Bonchev–Trinajstić information content (AvgIpc) is 2.73. The van der Waals surface area contributed by atoms with E-state index >= 15 is 0 Å². The largest absolute Gasteiger partial charge is 0.378 e. The minimum atomic E-state index is -0.952. The lowest BCUT2D eigenvalue weighted by molar-refractivity contribution is -0.541. The summed E-state index contributed by atoms with van der Waals surface area (Å²) in [6.45, 7) is 8.48. The molecular formula is C19H29NO6. The van der Waals surface area contributed by atoms with Gasteiger partial charge in [0.2, 0.25) is 5.79 Å². The van der Waals surface area contributed by atoms with E-state index in [0.29, 0.717) is 32.2 Å². The van der Waals surface area contributed by atoms with Gasteiger partial charge in [-0.1, -0.05) is 6.92 Å². The molecular weight excluding hydrogens is 338 g/mol. The number of morpholine rings is 1. The van der Waals surface area contributed by atoms with Gasteiger partial charge >= 0.3 is 0 Å². The van der Waals surface area contributed by atoms with Crippen molar-refractivity contribution in [3.63, 3.8) is 0 Å². The van der Waals surface area contributed by atoms with Gasteiger partial charge in [0, 0.05) is 25.4 Å². The smallest absolute Gasteiger partial charge is 0.255 e. The van der Waals surface area contributed by atoms with E-state index in [9.17, 15) is 4.79 Å². The molecule has 26 heavy (non-hydrogen) atoms. The van der Waals surface area contributed by atoms with Crippen molar-refractivity contribution >= 4 is 5.91 Å². The predicted octanol–water partition coefficient (Wildman–Crippen LogP) is 1.85. The van der Waals surface area contributed by atoms with Gasteiger partial charge in [-0.25, -0.2) is 9.78 Å². The van der Waals surface area contributed by atoms with Crippen molar-refractivity contribution in [1.82, 2.24) is 4.90 Å². The van der Waals surface area contributed by atoms with Crippen molar-refractivity contribution in [2.75, 3.05) is 26.3 Å². The minimum absolute atomic E-state index is 0.0300. The maximum Gasteiger partial charge on any atom is 0.255 e. The fraction of sp³-hybridized carbons (Fsp3) is 0.947. The van der Waals surface area contributed by atoms with Crippen LogP contribution in [0.3, 0.4) is 0 Å². The molecule has 1 aliphatic carbocycles. The molecule has 1 unspecified atom stereocenters. The number of rotatable bonds is 1. The Morgan fingerprint density at radius 2 is 1.81 bits per heavy atom. The molecule has 2 bridgehead atoms. The SMILES string of the molecule is C[C@@H]1CCC2[C@]34OO[C@](C)(CC[C@@H]13)O[C@H]4O[C@]2(C)C(=O)N1CCOCC1. The summed E-state index contributed by atoms with van der Waals surface area (Å²) in [5.74, 6) is -0.0765. The fourth-order valence-corrected chi connectivity index (χ4v) is 5.99. The molecule has 1 amide bonds. The first kappa shape index (κ1) is 17.4. The van der Waals surface area contributed by atoms with Crippen LogP contribution >= 0.6 is 0 Å². The third-order valence-corrected chi connectivity index (χ3v) is 7.46. The Bertz CT molecular complexity index is 609. The van der Waals surface area contributed by atoms with Crippen molar-refractivity contribution in [2.24, 2.45) is 17.8 Å². The van der Waals surface area contributed by atoms with Crippen LogP contribution in [-0.2, 0) is 28.8 Å². The molecule has 7 nitrogen and oxygen atoms in total. The zero-order chi connectivity index (χ0) is 18.2. The van der Waals surface area contributed by atoms with E-state index < -0.39 is 23.3 Å². The van der Waals surface area contributed by atoms with E-state index in [-0.39, 0.29) is 17.7 Å². The number of carbonyl (C=O) groups is 1. The minimum Gasteiger partial charge on any atom is -0.378 e. The van der Waals surface area contributed by atoms with Gasteiger partial charge in [0.05, 0.1) is 13.2 Å². The highest BCUT2D eigenvalue weighted by Gasteiger charge is 2.75. The van der Waals surface area contributed by atoms with Gasteiger partial charge in [-0.2, -0.15) is 0 Å². The molecule has 0 N–H and O–H groups in total. The first-order valence-electron chi connectivity index (χ1n) is 9.99. The zero-order valence-corrected chi connectivity index (χ0v) is 15.9. The number of hydrogen-bond acceptors (Lipinski definition) is 6. The lowest BCUT2D eigenvalue weighted by atomic mass is 9.59. The van der Waals surface area contributed by atoms with Crippen LogP contribution in [0.2, 0.25) is 0 Å². The number of ether oxygens (including phenoxy) is 3. The molecule has 0 aromatic carbocycles. The van der Waals surface area contributed by atoms with Crippen LogP contribution in [0.5, 0.6) is 0 Å². The number of nitrogens with zero attached hydrogens (tertiary/aromatic N) is 1. The summed E-state index contributed by atoms with van der Waals surface area (Å²) in [7, 11) is 0. The second-order valence-corrected chi connectivity index (χ2v) is 8.99. The molecule has 1 saturated carbocycles. The number of hydrogen-bond donors (Lipinski definition) is 0. The number of amides is 1. The summed E-state index contributed by atoms with van der Waals surface area (Å²) in [6.07, 6.45) is 3.14. The second kappa shape index (κ2) is 5.64. The molecule has 5 heterocycles. The van der Waals surface area contributed by atoms with E-state index in [1.165, 1.54) is 0 Å². The van der Waals surface area contributed by atoms with Crippen molar-refractivity contribution in [1.29, 1.82) is 0 Å². The Morgan fingerprint density at radius 3 is 2.58 bits per heavy atom. The number of fused-ring (bicyclic) bond motifs is 2. The van der Waals surface area contributed by atoms with E-state index in [1.807, 2.05) is 18.7 Å². The molecule has 7 heteroatoms. The van der Waals surface area contributed by atoms with E-state index in [2.05, 4.69) is 6.92 Å². The third-order valence-electron chi connectivity index (χ3n) is 7.46. The Balaban J connectivity index is 1.54. The lowest BCUT2D eigenvalue weighted by Crippen LogP contribution is -2.63. The van der Waals surface area contributed by atoms with Gasteiger partial charge in [0.15, 0.2) is 17.5 Å². The van der Waals surface area contributed by atoms with Crippen molar-refractivity contribution in [2.45, 2.75) is 69.7 Å². The molecule has 7 atom stereocenters. The maximum atomic E-state index is 13.5. The first-order valence-corrected chi connectivity index (χ1v) is 9.99. The zero-order valence-electron chi connectivity index (χ0n) is 15.9. The second-order valence-electron chi connectivity index (χ2n) is 8.99. The molecule has 1 spiro atoms. The van der Waals surface area contributed by atoms with Crippen molar-refractivity contribution < 1.29 is 28.8 Å². The maximum absolute atomic E-state index is 13.5. The Labute approximate surface area is 154 Å². The normalized spacial score (nSPS) is 53.3. The fourth-order valence-electron chi connectivity index (χ4n) is 5.99. The van der Waals surface area contributed by atoms with Crippen LogP contribution in [0, 0.1) is 17.8 Å². The first-order chi connectivity index (χ1) is 12.4. The summed E-state index contributed by atoms with van der Waals surface area (Å²) in [6, 6.07) is 0. The summed E-state index contributed by atoms with van der Waals surface area (Å²) in [5, 5.41) is 0. The van der Waals surface area contributed by atoms with Crippen LogP contribution < -0.4 is 0 Å². The predicted molar refractivity (Wildman–Crippen MR) is 89.7 cm³/mol. The summed E-state index contributed by atoms with van der Waals surface area (Å²) < 4.78 is 18.1. The van der Waals surface area contributed by atoms with Gasteiger partial charge < -0.3 is 19.1 Å². The van der Waals surface area contributed by atoms with Crippen LogP contribution in [0.15, 0.2) is 0 Å². The van der Waals surface area contributed by atoms with Crippen molar-refractivity contribution in [3.8, 4) is 0 Å². The monoisotopic (exact) mass is 367 g/mol. The number of carbonyl (C=O) groups excluding carboxylic acids is 1. The molecule has 6 aliphatic rings. The molecule has 0 aromatic heterocycles. The van der Waals surface area contributed by atoms with Crippen LogP contribution in [-0.4, -0.2) is 60.4 Å². The molecule has 0 aromatic rings. The highest BCUT2D eigenvalue weighted by Crippen LogP contribution is 2.63. The lowest BCUT2D eigenvalue weighted by Gasteiger charge is -2.50. The summed E-state index contributed by atoms with van der Waals surface area (Å²) in [4.78, 5) is 27.2. The average molecular weight is 367 g/mol. The quantitative estimate of drug-likeness (QED) is 0.659. The van der Waals surface area contributed by atoms with Crippen LogP contribution in [0.4, 0.5) is 0 Å². The molecule has 0 radical (unpaired) electrons. The van der Waals surface area contributed by atoms with E-state index in [0.717, 1.165) is 25.7 Å². The molecule has 6 rings (SSSR count).